The van der Waals surface area contributed by atoms with E-state index >= 15 is 0 Å². The summed E-state index contributed by atoms with van der Waals surface area (Å²) >= 11 is 3.42. The molecule has 6 nitrogen and oxygen atoms in total. The molecule has 0 radical (unpaired) electrons. The molecule has 0 saturated heterocycles. The molecule has 2 rings (SSSR count). The standard InChI is InChI=1S/C19H21BrN4O2/c1-12(2)22-18(25)19(26)24-21-11-14-10-15(20)6-9-17(14)23-16-7-4-13(3)5-8-16/h4-12,23H,1-3H3,(H,22,25)(H,24,26)/b21-11-. The smallest absolute Gasteiger partial charge is 0.329 e. The Balaban J connectivity index is 2.10. The van der Waals surface area contributed by atoms with Crippen molar-refractivity contribution in [3.05, 3.63) is 58.1 Å². The molecular weight excluding hydrogens is 396 g/mol. The summed E-state index contributed by atoms with van der Waals surface area (Å²) in [5.74, 6) is -1.53. The summed E-state index contributed by atoms with van der Waals surface area (Å²) in [7, 11) is 0. The number of rotatable bonds is 5. The van der Waals surface area contributed by atoms with Gasteiger partial charge >= 0.3 is 11.8 Å². The number of hydrogen-bond donors (Lipinski definition) is 3. The van der Waals surface area contributed by atoms with Crippen LogP contribution in [0.25, 0.3) is 0 Å². The number of carbonyl (C=O) groups is 2. The van der Waals surface area contributed by atoms with Gasteiger partial charge < -0.3 is 10.6 Å². The van der Waals surface area contributed by atoms with Crippen molar-refractivity contribution < 1.29 is 9.59 Å². The average molecular weight is 417 g/mol. The number of nitrogens with one attached hydrogen (secondary N) is 3. The van der Waals surface area contributed by atoms with Gasteiger partial charge in [-0.1, -0.05) is 33.6 Å². The topological polar surface area (TPSA) is 82.6 Å². The molecule has 26 heavy (non-hydrogen) atoms. The molecule has 2 aromatic rings. The quantitative estimate of drug-likeness (QED) is 0.396. The summed E-state index contributed by atoms with van der Waals surface area (Å²) in [5.41, 5.74) is 5.92. The van der Waals surface area contributed by atoms with Crippen LogP contribution >= 0.6 is 15.9 Å². The van der Waals surface area contributed by atoms with Crippen LogP contribution in [0.5, 0.6) is 0 Å². The Hall–Kier alpha value is -2.67. The Morgan fingerprint density at radius 1 is 1.08 bits per heavy atom. The first-order chi connectivity index (χ1) is 12.3. The monoisotopic (exact) mass is 416 g/mol. The average Bonchev–Trinajstić information content (AvgIpc) is 2.58. The number of hydrazone groups is 1. The minimum absolute atomic E-state index is 0.118. The van der Waals surface area contributed by atoms with Crippen LogP contribution in [-0.2, 0) is 9.59 Å². The molecule has 0 fully saturated rings. The second-order valence-electron chi connectivity index (χ2n) is 6.05. The number of halogens is 1. The molecule has 0 spiro atoms. The molecule has 0 atom stereocenters. The van der Waals surface area contributed by atoms with Crippen LogP contribution in [0.1, 0.15) is 25.0 Å². The fourth-order valence-corrected chi connectivity index (χ4v) is 2.46. The van der Waals surface area contributed by atoms with Crippen molar-refractivity contribution in [2.75, 3.05) is 5.32 Å². The predicted octanol–water partition coefficient (Wildman–Crippen LogP) is 3.48. The molecule has 0 aliphatic carbocycles. The molecule has 0 aliphatic rings. The van der Waals surface area contributed by atoms with Crippen LogP contribution in [0, 0.1) is 6.92 Å². The first-order valence-corrected chi connectivity index (χ1v) is 8.91. The summed E-state index contributed by atoms with van der Waals surface area (Å²) in [6.07, 6.45) is 1.49. The zero-order valence-corrected chi connectivity index (χ0v) is 16.4. The van der Waals surface area contributed by atoms with Gasteiger partial charge in [-0.15, -0.1) is 0 Å². The molecule has 0 aromatic heterocycles. The molecule has 0 heterocycles. The van der Waals surface area contributed by atoms with E-state index in [1.54, 1.807) is 13.8 Å². The van der Waals surface area contributed by atoms with Crippen molar-refractivity contribution >= 4 is 45.3 Å². The van der Waals surface area contributed by atoms with Gasteiger partial charge in [0.1, 0.15) is 0 Å². The van der Waals surface area contributed by atoms with Crippen molar-refractivity contribution in [2.24, 2.45) is 5.10 Å². The Bertz CT molecular complexity index is 817. The van der Waals surface area contributed by atoms with E-state index in [0.717, 1.165) is 21.4 Å². The number of benzene rings is 2. The minimum atomic E-state index is -0.807. The summed E-state index contributed by atoms with van der Waals surface area (Å²) in [4.78, 5) is 23.3. The van der Waals surface area contributed by atoms with Crippen LogP contribution in [0.15, 0.2) is 52.0 Å². The van der Waals surface area contributed by atoms with Crippen molar-refractivity contribution in [3.8, 4) is 0 Å². The number of hydrogen-bond acceptors (Lipinski definition) is 4. The van der Waals surface area contributed by atoms with E-state index in [1.807, 2.05) is 49.4 Å². The zero-order chi connectivity index (χ0) is 19.1. The van der Waals surface area contributed by atoms with E-state index in [9.17, 15) is 9.59 Å². The summed E-state index contributed by atoms with van der Waals surface area (Å²) < 4.78 is 0.872. The highest BCUT2D eigenvalue weighted by atomic mass is 79.9. The van der Waals surface area contributed by atoms with E-state index in [2.05, 4.69) is 37.1 Å². The SMILES string of the molecule is Cc1ccc(Nc2ccc(Br)cc2/C=N\NC(=O)C(=O)NC(C)C)cc1. The maximum Gasteiger partial charge on any atom is 0.329 e. The first kappa shape index (κ1) is 19.7. The fraction of sp³-hybridized carbons (Fsp3) is 0.211. The Labute approximate surface area is 161 Å². The molecule has 136 valence electrons. The molecule has 2 amide bonds. The maximum atomic E-state index is 11.7. The Morgan fingerprint density at radius 2 is 1.77 bits per heavy atom. The third-order valence-electron chi connectivity index (χ3n) is 3.34. The van der Waals surface area contributed by atoms with Gasteiger partial charge in [0, 0.05) is 27.5 Å². The Kier molecular flexibility index (Phi) is 6.91. The van der Waals surface area contributed by atoms with Crippen LogP contribution in [0.4, 0.5) is 11.4 Å². The molecule has 0 aliphatic heterocycles. The number of nitrogens with zero attached hydrogens (tertiary/aromatic N) is 1. The highest BCUT2D eigenvalue weighted by molar-refractivity contribution is 9.10. The van der Waals surface area contributed by atoms with Gasteiger partial charge in [-0.25, -0.2) is 5.43 Å². The number of aryl methyl sites for hydroxylation is 1. The van der Waals surface area contributed by atoms with E-state index < -0.39 is 11.8 Å². The van der Waals surface area contributed by atoms with Gasteiger partial charge in [0.2, 0.25) is 0 Å². The lowest BCUT2D eigenvalue weighted by molar-refractivity contribution is -0.139. The third kappa shape index (κ3) is 6.00. The molecular formula is C19H21BrN4O2. The third-order valence-corrected chi connectivity index (χ3v) is 3.83. The van der Waals surface area contributed by atoms with Crippen LogP contribution < -0.4 is 16.1 Å². The zero-order valence-electron chi connectivity index (χ0n) is 14.8. The van der Waals surface area contributed by atoms with Gasteiger partial charge in [-0.2, -0.15) is 5.10 Å². The molecule has 0 saturated carbocycles. The first-order valence-electron chi connectivity index (χ1n) is 8.12. The molecule has 0 unspecified atom stereocenters. The molecule has 0 bridgehead atoms. The van der Waals surface area contributed by atoms with Gasteiger partial charge in [0.15, 0.2) is 0 Å². The van der Waals surface area contributed by atoms with Gasteiger partial charge in [0.25, 0.3) is 0 Å². The second kappa shape index (κ2) is 9.15. The van der Waals surface area contributed by atoms with Gasteiger partial charge in [-0.05, 0) is 51.1 Å². The van der Waals surface area contributed by atoms with Crippen LogP contribution in [-0.4, -0.2) is 24.1 Å². The second-order valence-corrected chi connectivity index (χ2v) is 6.97. The number of anilines is 2. The van der Waals surface area contributed by atoms with Crippen LogP contribution in [0.2, 0.25) is 0 Å². The van der Waals surface area contributed by atoms with Crippen molar-refractivity contribution in [3.63, 3.8) is 0 Å². The number of amides is 2. The van der Waals surface area contributed by atoms with Gasteiger partial charge in [0.05, 0.1) is 6.21 Å². The van der Waals surface area contributed by atoms with Gasteiger partial charge in [-0.3, -0.25) is 9.59 Å². The lowest BCUT2D eigenvalue weighted by Gasteiger charge is -2.10. The fourth-order valence-electron chi connectivity index (χ4n) is 2.09. The van der Waals surface area contributed by atoms with Crippen molar-refractivity contribution in [1.29, 1.82) is 0 Å². The van der Waals surface area contributed by atoms with Crippen LogP contribution in [0.3, 0.4) is 0 Å². The Morgan fingerprint density at radius 3 is 2.42 bits per heavy atom. The summed E-state index contributed by atoms with van der Waals surface area (Å²) in [6, 6.07) is 13.5. The maximum absolute atomic E-state index is 11.7. The molecule has 3 N–H and O–H groups in total. The predicted molar refractivity (Wildman–Crippen MR) is 108 cm³/mol. The molecule has 7 heteroatoms. The highest BCUT2D eigenvalue weighted by Gasteiger charge is 2.13. The van der Waals surface area contributed by atoms with E-state index in [4.69, 9.17) is 0 Å². The van der Waals surface area contributed by atoms with E-state index in [1.165, 1.54) is 11.8 Å². The molecule has 2 aromatic carbocycles. The van der Waals surface area contributed by atoms with E-state index in [-0.39, 0.29) is 6.04 Å². The summed E-state index contributed by atoms with van der Waals surface area (Å²) in [5, 5.41) is 9.70. The largest absolute Gasteiger partial charge is 0.355 e. The summed E-state index contributed by atoms with van der Waals surface area (Å²) in [6.45, 7) is 5.58. The lowest BCUT2D eigenvalue weighted by atomic mass is 10.1. The highest BCUT2D eigenvalue weighted by Crippen LogP contribution is 2.23. The van der Waals surface area contributed by atoms with Crippen molar-refractivity contribution in [1.82, 2.24) is 10.7 Å². The lowest BCUT2D eigenvalue weighted by Crippen LogP contribution is -2.41. The normalized spacial score (nSPS) is 10.8. The van der Waals surface area contributed by atoms with Crippen molar-refractivity contribution in [2.45, 2.75) is 26.8 Å². The van der Waals surface area contributed by atoms with E-state index in [0.29, 0.717) is 0 Å². The number of carbonyl (C=O) groups excluding carboxylic acids is 2. The minimum Gasteiger partial charge on any atom is -0.355 e.